The summed E-state index contributed by atoms with van der Waals surface area (Å²) in [6, 6.07) is 5.24. The summed E-state index contributed by atoms with van der Waals surface area (Å²) in [5.41, 5.74) is 0. The molecule has 0 aliphatic carbocycles. The topological polar surface area (TPSA) is 84.5 Å². The van der Waals surface area contributed by atoms with E-state index in [1.165, 1.54) is 19.1 Å². The SMILES string of the molecule is CCOc1ccc(S(=O)(=O)N[C@@H](C)C(=O)N[C@@H](C)CC)cc1. The number of benzene rings is 1. The molecule has 0 unspecified atom stereocenters. The molecular weight excluding hydrogens is 304 g/mol. The Kier molecular flexibility index (Phi) is 6.83. The Morgan fingerprint density at radius 2 is 1.77 bits per heavy atom. The molecule has 1 aromatic carbocycles. The van der Waals surface area contributed by atoms with Crippen molar-refractivity contribution in [2.75, 3.05) is 6.61 Å². The van der Waals surface area contributed by atoms with Gasteiger partial charge in [-0.15, -0.1) is 0 Å². The van der Waals surface area contributed by atoms with Gasteiger partial charge in [0.05, 0.1) is 17.5 Å². The minimum absolute atomic E-state index is 0.00456. The number of hydrogen-bond acceptors (Lipinski definition) is 4. The van der Waals surface area contributed by atoms with Crippen molar-refractivity contribution in [3.05, 3.63) is 24.3 Å². The average molecular weight is 328 g/mol. The van der Waals surface area contributed by atoms with Gasteiger partial charge >= 0.3 is 0 Å². The molecular formula is C15H24N2O4S. The van der Waals surface area contributed by atoms with Gasteiger partial charge in [0.25, 0.3) is 0 Å². The Bertz CT molecular complexity index is 584. The third-order valence-electron chi connectivity index (χ3n) is 3.17. The Balaban J connectivity index is 2.75. The van der Waals surface area contributed by atoms with Gasteiger partial charge in [0, 0.05) is 6.04 Å². The first-order chi connectivity index (χ1) is 10.3. The van der Waals surface area contributed by atoms with E-state index in [-0.39, 0.29) is 16.8 Å². The molecule has 0 bridgehead atoms. The summed E-state index contributed by atoms with van der Waals surface area (Å²) in [6.07, 6.45) is 0.782. The summed E-state index contributed by atoms with van der Waals surface area (Å²) in [5, 5.41) is 2.74. The predicted molar refractivity (Wildman–Crippen MR) is 85.3 cm³/mol. The molecule has 0 heterocycles. The van der Waals surface area contributed by atoms with E-state index >= 15 is 0 Å². The predicted octanol–water partition coefficient (Wildman–Crippen LogP) is 1.67. The maximum atomic E-state index is 12.2. The van der Waals surface area contributed by atoms with Crippen LogP contribution in [0, 0.1) is 0 Å². The third kappa shape index (κ3) is 5.31. The van der Waals surface area contributed by atoms with Crippen LogP contribution in [0.5, 0.6) is 5.75 Å². The zero-order chi connectivity index (χ0) is 16.8. The number of ether oxygens (including phenoxy) is 1. The highest BCUT2D eigenvalue weighted by Crippen LogP contribution is 2.16. The van der Waals surface area contributed by atoms with Crippen LogP contribution in [-0.4, -0.2) is 33.0 Å². The van der Waals surface area contributed by atoms with Gasteiger partial charge in [0.2, 0.25) is 15.9 Å². The molecule has 2 N–H and O–H groups in total. The maximum absolute atomic E-state index is 12.2. The summed E-state index contributed by atoms with van der Waals surface area (Å²) >= 11 is 0. The smallest absolute Gasteiger partial charge is 0.241 e. The molecule has 1 rings (SSSR count). The largest absolute Gasteiger partial charge is 0.494 e. The van der Waals surface area contributed by atoms with Crippen molar-refractivity contribution in [3.8, 4) is 5.75 Å². The van der Waals surface area contributed by atoms with Crippen molar-refractivity contribution in [3.63, 3.8) is 0 Å². The Hall–Kier alpha value is -1.60. The van der Waals surface area contributed by atoms with E-state index in [1.54, 1.807) is 12.1 Å². The van der Waals surface area contributed by atoms with Crippen molar-refractivity contribution in [2.45, 2.75) is 51.1 Å². The molecule has 0 spiro atoms. The molecule has 1 amide bonds. The lowest BCUT2D eigenvalue weighted by molar-refractivity contribution is -0.122. The number of sulfonamides is 1. The van der Waals surface area contributed by atoms with E-state index in [4.69, 9.17) is 4.74 Å². The van der Waals surface area contributed by atoms with Crippen molar-refractivity contribution in [1.29, 1.82) is 0 Å². The van der Waals surface area contributed by atoms with E-state index in [9.17, 15) is 13.2 Å². The van der Waals surface area contributed by atoms with E-state index < -0.39 is 16.1 Å². The van der Waals surface area contributed by atoms with E-state index in [0.717, 1.165) is 6.42 Å². The molecule has 0 aliphatic heterocycles. The van der Waals surface area contributed by atoms with Gasteiger partial charge in [-0.3, -0.25) is 4.79 Å². The summed E-state index contributed by atoms with van der Waals surface area (Å²) in [6.45, 7) is 7.69. The molecule has 22 heavy (non-hydrogen) atoms. The van der Waals surface area contributed by atoms with Crippen LogP contribution in [0.3, 0.4) is 0 Å². The molecule has 0 saturated heterocycles. The lowest BCUT2D eigenvalue weighted by Gasteiger charge is -2.17. The summed E-state index contributed by atoms with van der Waals surface area (Å²) < 4.78 is 32.1. The summed E-state index contributed by atoms with van der Waals surface area (Å²) in [7, 11) is -3.75. The fourth-order valence-corrected chi connectivity index (χ4v) is 2.91. The number of carbonyl (C=O) groups excluding carboxylic acids is 1. The first-order valence-electron chi connectivity index (χ1n) is 7.35. The minimum Gasteiger partial charge on any atom is -0.494 e. The van der Waals surface area contributed by atoms with Gasteiger partial charge in [-0.05, 0) is 51.5 Å². The molecule has 2 atom stereocenters. The summed E-state index contributed by atoms with van der Waals surface area (Å²) in [5.74, 6) is 0.257. The maximum Gasteiger partial charge on any atom is 0.241 e. The number of amides is 1. The number of carbonyl (C=O) groups is 1. The van der Waals surface area contributed by atoms with Gasteiger partial charge in [0.15, 0.2) is 0 Å². The highest BCUT2D eigenvalue weighted by atomic mass is 32.2. The van der Waals surface area contributed by atoms with E-state index in [1.807, 2.05) is 20.8 Å². The molecule has 124 valence electrons. The lowest BCUT2D eigenvalue weighted by Crippen LogP contribution is -2.47. The molecule has 0 fully saturated rings. The van der Waals surface area contributed by atoms with Crippen molar-refractivity contribution in [2.24, 2.45) is 0 Å². The van der Waals surface area contributed by atoms with Gasteiger partial charge < -0.3 is 10.1 Å². The van der Waals surface area contributed by atoms with Crippen LogP contribution in [0.2, 0.25) is 0 Å². The quantitative estimate of drug-likeness (QED) is 0.760. The second-order valence-electron chi connectivity index (χ2n) is 5.07. The van der Waals surface area contributed by atoms with Crippen LogP contribution in [0.4, 0.5) is 0 Å². The van der Waals surface area contributed by atoms with Crippen LogP contribution in [0.25, 0.3) is 0 Å². The number of hydrogen-bond donors (Lipinski definition) is 2. The van der Waals surface area contributed by atoms with Crippen LogP contribution < -0.4 is 14.8 Å². The highest BCUT2D eigenvalue weighted by Gasteiger charge is 2.22. The Morgan fingerprint density at radius 3 is 2.27 bits per heavy atom. The van der Waals surface area contributed by atoms with Gasteiger partial charge in [-0.2, -0.15) is 4.72 Å². The molecule has 7 heteroatoms. The monoisotopic (exact) mass is 328 g/mol. The van der Waals surface area contributed by atoms with Crippen molar-refractivity contribution >= 4 is 15.9 Å². The second-order valence-corrected chi connectivity index (χ2v) is 6.78. The first kappa shape index (κ1) is 18.4. The normalized spacial score (nSPS) is 14.2. The van der Waals surface area contributed by atoms with Crippen LogP contribution in [0.1, 0.15) is 34.1 Å². The molecule has 0 radical (unpaired) electrons. The number of nitrogens with one attached hydrogen (secondary N) is 2. The van der Waals surface area contributed by atoms with Crippen molar-refractivity contribution < 1.29 is 17.9 Å². The third-order valence-corrected chi connectivity index (χ3v) is 4.73. The molecule has 1 aromatic rings. The summed E-state index contributed by atoms with van der Waals surface area (Å²) in [4.78, 5) is 12.0. The van der Waals surface area contributed by atoms with Crippen molar-refractivity contribution in [1.82, 2.24) is 10.0 Å². The fraction of sp³-hybridized carbons (Fsp3) is 0.533. The molecule has 0 saturated carbocycles. The fourth-order valence-electron chi connectivity index (χ4n) is 1.71. The van der Waals surface area contributed by atoms with Crippen LogP contribution >= 0.6 is 0 Å². The average Bonchev–Trinajstić information content (AvgIpc) is 2.47. The highest BCUT2D eigenvalue weighted by molar-refractivity contribution is 7.89. The van der Waals surface area contributed by atoms with Gasteiger partial charge in [-0.25, -0.2) is 8.42 Å². The van der Waals surface area contributed by atoms with Gasteiger partial charge in [-0.1, -0.05) is 6.92 Å². The Morgan fingerprint density at radius 1 is 1.18 bits per heavy atom. The zero-order valence-corrected chi connectivity index (χ0v) is 14.2. The van der Waals surface area contributed by atoms with E-state index in [0.29, 0.717) is 12.4 Å². The molecule has 0 aromatic heterocycles. The standard InChI is InChI=1S/C15H24N2O4S/c1-5-11(3)16-15(18)12(4)17-22(19,20)14-9-7-13(8-10-14)21-6-2/h7-12,17H,5-6H2,1-4H3,(H,16,18)/t11-,12-/m0/s1. The first-order valence-corrected chi connectivity index (χ1v) is 8.84. The second kappa shape index (κ2) is 8.14. The lowest BCUT2D eigenvalue weighted by atomic mass is 10.2. The zero-order valence-electron chi connectivity index (χ0n) is 13.4. The van der Waals surface area contributed by atoms with E-state index in [2.05, 4.69) is 10.0 Å². The van der Waals surface area contributed by atoms with Crippen LogP contribution in [0.15, 0.2) is 29.2 Å². The molecule has 6 nitrogen and oxygen atoms in total. The molecule has 0 aliphatic rings. The van der Waals surface area contributed by atoms with Crippen LogP contribution in [-0.2, 0) is 14.8 Å². The minimum atomic E-state index is -3.75. The number of rotatable bonds is 8. The Labute approximate surface area is 132 Å². The van der Waals surface area contributed by atoms with Gasteiger partial charge in [0.1, 0.15) is 5.75 Å².